The highest BCUT2D eigenvalue weighted by Crippen LogP contribution is 2.24. The molecule has 0 aliphatic carbocycles. The Morgan fingerprint density at radius 3 is 0.987 bits per heavy atom. The summed E-state index contributed by atoms with van der Waals surface area (Å²) >= 11 is 0. The molecular formula is C65H129NO9. The second-order valence-corrected chi connectivity index (χ2v) is 23.8. The molecule has 1 rings (SSSR count). The maximum absolute atomic E-state index is 13.1. The minimum atomic E-state index is -1.60. The number of aliphatic hydroxyl groups is 6. The van der Waals surface area contributed by atoms with Gasteiger partial charge in [-0.05, 0) is 12.8 Å². The number of ether oxygens (including phenoxy) is 2. The number of hydrogen-bond donors (Lipinski definition) is 7. The molecule has 1 fully saturated rings. The van der Waals surface area contributed by atoms with Gasteiger partial charge < -0.3 is 45.4 Å². The van der Waals surface area contributed by atoms with Gasteiger partial charge in [-0.25, -0.2) is 0 Å². The zero-order valence-electron chi connectivity index (χ0n) is 49.7. The Bertz CT molecular complexity index is 1160. The van der Waals surface area contributed by atoms with Crippen LogP contribution in [0, 0.1) is 0 Å². The molecule has 1 aliphatic rings. The van der Waals surface area contributed by atoms with E-state index in [4.69, 9.17) is 9.47 Å². The highest BCUT2D eigenvalue weighted by atomic mass is 16.7. The van der Waals surface area contributed by atoms with Crippen molar-refractivity contribution in [3.8, 4) is 0 Å². The van der Waals surface area contributed by atoms with E-state index in [-0.39, 0.29) is 18.9 Å². The van der Waals surface area contributed by atoms with Gasteiger partial charge in [-0.15, -0.1) is 0 Å². The standard InChI is InChI=1S/C65H129NO9/c1-3-5-7-9-11-13-15-17-19-20-21-22-23-24-25-26-27-28-29-30-31-32-33-34-35-36-37-38-40-42-44-46-48-50-52-54-60(69)66-57(56-74-65-64(73)63(72)62(71)59(55-67)75-65)61(70)58(68)53-51-49-47-45-43-41-39-18-16-14-12-10-8-6-4-2/h57-59,61-65,67-68,70-73H,3-56H2,1-2H3,(H,66,69)/t57-,58+,59+,61-,62-,63?,64?,65+/m0/s1. The molecule has 10 nitrogen and oxygen atoms in total. The van der Waals surface area contributed by atoms with Crippen LogP contribution in [0.3, 0.4) is 0 Å². The van der Waals surface area contributed by atoms with E-state index < -0.39 is 55.6 Å². The van der Waals surface area contributed by atoms with E-state index >= 15 is 0 Å². The summed E-state index contributed by atoms with van der Waals surface area (Å²) in [5.74, 6) is -0.248. The Morgan fingerprint density at radius 1 is 0.413 bits per heavy atom. The first kappa shape index (κ1) is 72.2. The fourth-order valence-corrected chi connectivity index (χ4v) is 11.3. The van der Waals surface area contributed by atoms with E-state index in [0.717, 1.165) is 38.5 Å². The van der Waals surface area contributed by atoms with Gasteiger partial charge in [0.2, 0.25) is 5.91 Å². The summed E-state index contributed by atoms with van der Waals surface area (Å²) in [5, 5.41) is 65.7. The first-order valence-corrected chi connectivity index (χ1v) is 33.3. The zero-order chi connectivity index (χ0) is 54.5. The Labute approximate surface area is 464 Å². The molecule has 7 N–H and O–H groups in total. The molecule has 1 saturated heterocycles. The second-order valence-electron chi connectivity index (χ2n) is 23.8. The van der Waals surface area contributed by atoms with Gasteiger partial charge in [0.25, 0.3) is 0 Å². The summed E-state index contributed by atoms with van der Waals surface area (Å²) in [6.07, 6.45) is 57.4. The van der Waals surface area contributed by atoms with E-state index in [1.165, 1.54) is 283 Å². The van der Waals surface area contributed by atoms with Crippen molar-refractivity contribution in [2.45, 2.75) is 397 Å². The average Bonchev–Trinajstić information content (AvgIpc) is 3.41. The molecule has 0 aromatic heterocycles. The number of nitrogens with one attached hydrogen (secondary N) is 1. The second kappa shape index (κ2) is 55.1. The summed E-state index contributed by atoms with van der Waals surface area (Å²) in [7, 11) is 0. The number of unbranched alkanes of at least 4 members (excludes halogenated alkanes) is 48. The fraction of sp³-hybridized carbons (Fsp3) is 0.985. The molecule has 0 bridgehead atoms. The van der Waals surface area contributed by atoms with Crippen LogP contribution < -0.4 is 5.32 Å². The highest BCUT2D eigenvalue weighted by Gasteiger charge is 2.44. The lowest BCUT2D eigenvalue weighted by Crippen LogP contribution is -2.60. The summed E-state index contributed by atoms with van der Waals surface area (Å²) < 4.78 is 11.2. The normalized spacial score (nSPS) is 19.2. The van der Waals surface area contributed by atoms with E-state index in [2.05, 4.69) is 19.2 Å². The Morgan fingerprint density at radius 2 is 0.693 bits per heavy atom. The largest absolute Gasteiger partial charge is 0.394 e. The fourth-order valence-electron chi connectivity index (χ4n) is 11.3. The van der Waals surface area contributed by atoms with Gasteiger partial charge in [0.05, 0.1) is 25.4 Å². The third kappa shape index (κ3) is 43.6. The summed E-state index contributed by atoms with van der Waals surface area (Å²) in [5.41, 5.74) is 0. The average molecular weight is 1070 g/mol. The topological polar surface area (TPSA) is 169 Å². The molecular weight excluding hydrogens is 939 g/mol. The molecule has 0 radical (unpaired) electrons. The van der Waals surface area contributed by atoms with Crippen LogP contribution in [0.25, 0.3) is 0 Å². The number of carbonyl (C=O) groups is 1. The number of hydrogen-bond acceptors (Lipinski definition) is 9. The van der Waals surface area contributed by atoms with E-state index in [1.54, 1.807) is 0 Å². The van der Waals surface area contributed by atoms with E-state index in [0.29, 0.717) is 6.42 Å². The maximum Gasteiger partial charge on any atom is 0.220 e. The minimum Gasteiger partial charge on any atom is -0.394 e. The predicted octanol–water partition coefficient (Wildman–Crippen LogP) is 16.3. The van der Waals surface area contributed by atoms with Crippen LogP contribution >= 0.6 is 0 Å². The first-order chi connectivity index (χ1) is 36.8. The number of rotatable bonds is 59. The van der Waals surface area contributed by atoms with Crippen molar-refractivity contribution in [1.82, 2.24) is 5.32 Å². The van der Waals surface area contributed by atoms with Crippen LogP contribution in [0.2, 0.25) is 0 Å². The lowest BCUT2D eigenvalue weighted by molar-refractivity contribution is -0.303. The first-order valence-electron chi connectivity index (χ1n) is 33.3. The van der Waals surface area contributed by atoms with Crippen LogP contribution in [0.15, 0.2) is 0 Å². The van der Waals surface area contributed by atoms with Gasteiger partial charge >= 0.3 is 0 Å². The molecule has 2 unspecified atom stereocenters. The molecule has 1 aliphatic heterocycles. The van der Waals surface area contributed by atoms with Crippen molar-refractivity contribution < 1.29 is 44.9 Å². The third-order valence-electron chi connectivity index (χ3n) is 16.6. The number of carbonyl (C=O) groups excluding carboxylic acids is 1. The smallest absolute Gasteiger partial charge is 0.220 e. The lowest BCUT2D eigenvalue weighted by Gasteiger charge is -2.40. The predicted molar refractivity (Wildman–Crippen MR) is 315 cm³/mol. The number of aliphatic hydroxyl groups excluding tert-OH is 6. The lowest BCUT2D eigenvalue weighted by atomic mass is 9.98. The maximum atomic E-state index is 13.1. The minimum absolute atomic E-state index is 0.248. The van der Waals surface area contributed by atoms with Crippen LogP contribution in [0.1, 0.15) is 348 Å². The van der Waals surface area contributed by atoms with Gasteiger partial charge in [0.1, 0.15) is 30.5 Å². The molecule has 75 heavy (non-hydrogen) atoms. The third-order valence-corrected chi connectivity index (χ3v) is 16.6. The molecule has 0 spiro atoms. The van der Waals surface area contributed by atoms with Crippen LogP contribution in [-0.2, 0) is 14.3 Å². The summed E-state index contributed by atoms with van der Waals surface area (Å²) in [4.78, 5) is 13.1. The molecule has 10 heteroatoms. The Balaban J connectivity index is 2.09. The summed E-state index contributed by atoms with van der Waals surface area (Å²) in [6, 6.07) is -0.987. The Kier molecular flexibility index (Phi) is 53.0. The highest BCUT2D eigenvalue weighted by molar-refractivity contribution is 5.76. The SMILES string of the molecule is CCCCCCCCCCCCCCCCCCCCCCCCCCCCCCCCCCCCCC(=O)N[C@@H](CO[C@@H]1O[C@H](CO)[C@H](O)C(O)C1O)[C@H](O)[C@H](O)CCCCCCCCCCCCCCCCC. The van der Waals surface area contributed by atoms with Gasteiger partial charge in [-0.3, -0.25) is 4.79 Å². The summed E-state index contributed by atoms with van der Waals surface area (Å²) in [6.45, 7) is 3.67. The van der Waals surface area contributed by atoms with Gasteiger partial charge in [-0.1, -0.05) is 328 Å². The molecule has 0 saturated carbocycles. The van der Waals surface area contributed by atoms with Crippen molar-refractivity contribution in [1.29, 1.82) is 0 Å². The van der Waals surface area contributed by atoms with Crippen LogP contribution in [-0.4, -0.2) is 98.7 Å². The van der Waals surface area contributed by atoms with Crippen molar-refractivity contribution in [2.75, 3.05) is 13.2 Å². The molecule has 1 amide bonds. The van der Waals surface area contributed by atoms with E-state index in [9.17, 15) is 35.4 Å². The van der Waals surface area contributed by atoms with Crippen molar-refractivity contribution in [3.05, 3.63) is 0 Å². The molecule has 0 aromatic rings. The van der Waals surface area contributed by atoms with Crippen LogP contribution in [0.4, 0.5) is 0 Å². The molecule has 448 valence electrons. The molecule has 1 heterocycles. The quantitative estimate of drug-likeness (QED) is 0.0293. The van der Waals surface area contributed by atoms with Gasteiger partial charge in [-0.2, -0.15) is 0 Å². The van der Waals surface area contributed by atoms with Gasteiger partial charge in [0, 0.05) is 6.42 Å². The molecule has 0 aromatic carbocycles. The number of amides is 1. The zero-order valence-corrected chi connectivity index (χ0v) is 49.7. The van der Waals surface area contributed by atoms with E-state index in [1.807, 2.05) is 0 Å². The molecule has 8 atom stereocenters. The van der Waals surface area contributed by atoms with Crippen molar-refractivity contribution in [3.63, 3.8) is 0 Å². The monoisotopic (exact) mass is 1070 g/mol. The Hall–Kier alpha value is -0.850. The van der Waals surface area contributed by atoms with Crippen LogP contribution in [0.5, 0.6) is 0 Å². The van der Waals surface area contributed by atoms with Gasteiger partial charge in [0.15, 0.2) is 6.29 Å². The van der Waals surface area contributed by atoms with Crippen molar-refractivity contribution in [2.24, 2.45) is 0 Å². The van der Waals surface area contributed by atoms with Crippen molar-refractivity contribution >= 4 is 5.91 Å².